The number of carbonyl (C=O) groups is 1. The van der Waals surface area contributed by atoms with Crippen LogP contribution in [0.15, 0.2) is 0 Å². The summed E-state index contributed by atoms with van der Waals surface area (Å²) in [5.74, 6) is -0.0481. The molecule has 0 rings (SSSR count). The number of nitrogens with one attached hydrogen (secondary N) is 1. The first kappa shape index (κ1) is 9.65. The summed E-state index contributed by atoms with van der Waals surface area (Å²) in [6.45, 7) is 4.81. The molecule has 1 radical (unpaired) electrons. The van der Waals surface area contributed by atoms with Crippen LogP contribution in [0.25, 0.3) is 0 Å². The molecule has 0 aromatic carbocycles. The predicted octanol–water partition coefficient (Wildman–Crippen LogP) is -0.418. The number of aliphatic hydroxyl groups excluding tert-OH is 1. The minimum Gasteiger partial charge on any atom is -0.391 e. The molecule has 0 aromatic heterocycles. The molecule has 2 unspecified atom stereocenters. The highest BCUT2D eigenvalue weighted by molar-refractivity contribution is 6.30. The lowest BCUT2D eigenvalue weighted by molar-refractivity contribution is -0.120. The zero-order chi connectivity index (χ0) is 8.15. The first-order valence-electron chi connectivity index (χ1n) is 3.32. The molecule has 0 amide bonds. The number of aliphatic hydroxyl groups is 1. The standard InChI is InChI=1S/C6H13BNO2/c1-4(9)6(5(2)10)8-7-3/h4,6,8-9H,1-3H3. The Labute approximate surface area is 62.1 Å². The summed E-state index contributed by atoms with van der Waals surface area (Å²) in [6, 6.07) is -0.454. The van der Waals surface area contributed by atoms with Crippen molar-refractivity contribution in [1.82, 2.24) is 5.23 Å². The molecule has 57 valence electrons. The molecule has 4 heteroatoms. The van der Waals surface area contributed by atoms with E-state index in [0.29, 0.717) is 0 Å². The smallest absolute Gasteiger partial charge is 0.202 e. The Morgan fingerprint density at radius 3 is 2.30 bits per heavy atom. The van der Waals surface area contributed by atoms with Gasteiger partial charge in [0.15, 0.2) is 0 Å². The maximum absolute atomic E-state index is 10.7. The van der Waals surface area contributed by atoms with E-state index >= 15 is 0 Å². The number of carbonyl (C=O) groups excluding carboxylic acids is 1. The number of Topliss-reactive ketones (excluding diaryl/α,β-unsaturated/α-hetero) is 1. The summed E-state index contributed by atoms with van der Waals surface area (Å²) in [4.78, 5) is 10.7. The van der Waals surface area contributed by atoms with Crippen LogP contribution in [-0.4, -0.2) is 30.5 Å². The quantitative estimate of drug-likeness (QED) is 0.524. The largest absolute Gasteiger partial charge is 0.391 e. The van der Waals surface area contributed by atoms with Crippen molar-refractivity contribution < 1.29 is 9.90 Å². The summed E-state index contributed by atoms with van der Waals surface area (Å²) in [6.07, 6.45) is -0.631. The van der Waals surface area contributed by atoms with Crippen molar-refractivity contribution in [1.29, 1.82) is 0 Å². The van der Waals surface area contributed by atoms with E-state index in [1.807, 2.05) is 0 Å². The first-order chi connectivity index (χ1) is 4.59. The summed E-state index contributed by atoms with van der Waals surface area (Å²) < 4.78 is 0. The van der Waals surface area contributed by atoms with Gasteiger partial charge >= 0.3 is 0 Å². The van der Waals surface area contributed by atoms with Gasteiger partial charge in [-0.3, -0.25) is 4.79 Å². The third-order valence-electron chi connectivity index (χ3n) is 1.27. The molecule has 0 aliphatic rings. The molecular weight excluding hydrogens is 129 g/mol. The van der Waals surface area contributed by atoms with Crippen molar-refractivity contribution in [2.75, 3.05) is 0 Å². The fraction of sp³-hybridized carbons (Fsp3) is 0.833. The van der Waals surface area contributed by atoms with Crippen LogP contribution in [0.5, 0.6) is 0 Å². The van der Waals surface area contributed by atoms with E-state index in [9.17, 15) is 4.79 Å². The topological polar surface area (TPSA) is 49.3 Å². The second-order valence-corrected chi connectivity index (χ2v) is 2.28. The molecule has 3 nitrogen and oxygen atoms in total. The molecule has 0 bridgehead atoms. The summed E-state index contributed by atoms with van der Waals surface area (Å²) >= 11 is 0. The molecule has 0 saturated carbocycles. The Hall–Kier alpha value is -0.345. The second kappa shape index (κ2) is 4.47. The van der Waals surface area contributed by atoms with Gasteiger partial charge < -0.3 is 10.3 Å². The molecule has 0 aliphatic heterocycles. The van der Waals surface area contributed by atoms with Gasteiger partial charge in [-0.05, 0) is 13.8 Å². The Balaban J connectivity index is 3.85. The molecule has 10 heavy (non-hydrogen) atoms. The van der Waals surface area contributed by atoms with Crippen LogP contribution in [-0.2, 0) is 4.79 Å². The van der Waals surface area contributed by atoms with Crippen LogP contribution < -0.4 is 5.23 Å². The molecule has 0 aromatic rings. The molecule has 0 heterocycles. The van der Waals surface area contributed by atoms with Crippen molar-refractivity contribution in [2.24, 2.45) is 0 Å². The van der Waals surface area contributed by atoms with Gasteiger partial charge in [-0.1, -0.05) is 6.82 Å². The molecule has 0 spiro atoms. The maximum Gasteiger partial charge on any atom is 0.202 e. The number of hydrogen-bond donors (Lipinski definition) is 2. The van der Waals surface area contributed by atoms with Gasteiger partial charge in [-0.15, -0.1) is 0 Å². The highest BCUT2D eigenvalue weighted by atomic mass is 16.3. The third kappa shape index (κ3) is 2.99. The van der Waals surface area contributed by atoms with Crippen molar-refractivity contribution in [2.45, 2.75) is 32.8 Å². The zero-order valence-corrected chi connectivity index (χ0v) is 6.59. The number of hydrogen-bond acceptors (Lipinski definition) is 3. The van der Waals surface area contributed by atoms with E-state index in [1.165, 1.54) is 6.92 Å². The Morgan fingerprint density at radius 1 is 1.70 bits per heavy atom. The monoisotopic (exact) mass is 142 g/mol. The van der Waals surface area contributed by atoms with Crippen molar-refractivity contribution in [3.05, 3.63) is 0 Å². The average molecular weight is 142 g/mol. The van der Waals surface area contributed by atoms with Crippen LogP contribution in [0.3, 0.4) is 0 Å². The minimum absolute atomic E-state index is 0.0481. The zero-order valence-electron chi connectivity index (χ0n) is 6.59. The van der Waals surface area contributed by atoms with Gasteiger partial charge in [0.1, 0.15) is 5.78 Å². The van der Waals surface area contributed by atoms with Crippen molar-refractivity contribution in [3.8, 4) is 0 Å². The molecule has 0 fully saturated rings. The lowest BCUT2D eigenvalue weighted by Crippen LogP contribution is -2.44. The maximum atomic E-state index is 10.7. The summed E-state index contributed by atoms with van der Waals surface area (Å²) in [5.41, 5.74) is 0. The van der Waals surface area contributed by atoms with E-state index < -0.39 is 12.1 Å². The van der Waals surface area contributed by atoms with E-state index in [1.54, 1.807) is 21.2 Å². The summed E-state index contributed by atoms with van der Waals surface area (Å²) in [5, 5.41) is 11.8. The van der Waals surface area contributed by atoms with Crippen LogP contribution >= 0.6 is 0 Å². The van der Waals surface area contributed by atoms with E-state index in [0.717, 1.165) is 0 Å². The van der Waals surface area contributed by atoms with Gasteiger partial charge in [-0.2, -0.15) is 0 Å². The molecule has 0 aliphatic carbocycles. The van der Waals surface area contributed by atoms with Crippen molar-refractivity contribution >= 4 is 13.2 Å². The van der Waals surface area contributed by atoms with E-state index in [4.69, 9.17) is 5.11 Å². The molecule has 2 N–H and O–H groups in total. The average Bonchev–Trinajstić information content (AvgIpc) is 1.81. The highest BCUT2D eigenvalue weighted by Crippen LogP contribution is 1.92. The Morgan fingerprint density at radius 2 is 2.20 bits per heavy atom. The SMILES string of the molecule is C[B]NC(C(C)=O)C(C)O. The second-order valence-electron chi connectivity index (χ2n) is 2.28. The Bertz CT molecular complexity index is 116. The highest BCUT2D eigenvalue weighted by Gasteiger charge is 2.17. The van der Waals surface area contributed by atoms with Gasteiger partial charge in [0.25, 0.3) is 0 Å². The van der Waals surface area contributed by atoms with Crippen LogP contribution in [0, 0.1) is 0 Å². The lowest BCUT2D eigenvalue weighted by Gasteiger charge is -2.16. The predicted molar refractivity (Wildman–Crippen MR) is 40.9 cm³/mol. The first-order valence-corrected chi connectivity index (χ1v) is 3.32. The lowest BCUT2D eigenvalue weighted by atomic mass is 9.95. The third-order valence-corrected chi connectivity index (χ3v) is 1.27. The van der Waals surface area contributed by atoms with Gasteiger partial charge in [0, 0.05) is 0 Å². The van der Waals surface area contributed by atoms with Crippen molar-refractivity contribution in [3.63, 3.8) is 0 Å². The van der Waals surface area contributed by atoms with Gasteiger partial charge in [0.2, 0.25) is 7.41 Å². The fourth-order valence-electron chi connectivity index (χ4n) is 0.776. The van der Waals surface area contributed by atoms with Crippen LogP contribution in [0.2, 0.25) is 6.82 Å². The molecule has 0 saturated heterocycles. The van der Waals surface area contributed by atoms with Gasteiger partial charge in [0.05, 0.1) is 12.1 Å². The number of ketones is 1. The van der Waals surface area contributed by atoms with Crippen LogP contribution in [0.4, 0.5) is 0 Å². The minimum atomic E-state index is -0.631. The molecule has 2 atom stereocenters. The summed E-state index contributed by atoms with van der Waals surface area (Å²) in [7, 11) is 1.65. The van der Waals surface area contributed by atoms with E-state index in [-0.39, 0.29) is 5.78 Å². The molecular formula is C6H13BNO2. The van der Waals surface area contributed by atoms with Crippen LogP contribution in [0.1, 0.15) is 13.8 Å². The van der Waals surface area contributed by atoms with Gasteiger partial charge in [-0.25, -0.2) is 0 Å². The van der Waals surface area contributed by atoms with E-state index in [2.05, 4.69) is 5.23 Å². The Kier molecular flexibility index (Phi) is 4.31. The fourth-order valence-corrected chi connectivity index (χ4v) is 0.776. The number of rotatable bonds is 4. The normalized spacial score (nSPS) is 16.0.